The molecule has 1 unspecified atom stereocenters. The van der Waals surface area contributed by atoms with Crippen LogP contribution in [-0.2, 0) is 6.61 Å². The van der Waals surface area contributed by atoms with Crippen molar-refractivity contribution in [2.45, 2.75) is 25.5 Å². The molecule has 1 atom stereocenters. The number of hydrogen-bond donors (Lipinski definition) is 2. The lowest BCUT2D eigenvalue weighted by molar-refractivity contribution is 0.0930. The van der Waals surface area contributed by atoms with Crippen molar-refractivity contribution in [3.05, 3.63) is 52.0 Å². The number of hydrogen-bond acceptors (Lipinski definition) is 5. The molecule has 1 saturated heterocycles. The van der Waals surface area contributed by atoms with Gasteiger partial charge in [-0.2, -0.15) is 0 Å². The molecule has 1 amide bonds. The number of aliphatic hydroxyl groups excluding tert-OH is 1. The molecule has 6 heteroatoms. The molecule has 0 bridgehead atoms. The standard InChI is InChI=1S/C17H21N3O2S/c21-12-13-5-3-7-18-16(13)17(22)19-11-14(15-6-4-10-23-15)20-8-1-2-9-20/h3-7,10,14,21H,1-2,8-9,11-12H2,(H,19,22). The molecular weight excluding hydrogens is 310 g/mol. The summed E-state index contributed by atoms with van der Waals surface area (Å²) in [7, 11) is 0. The molecule has 5 nitrogen and oxygen atoms in total. The fraction of sp³-hybridized carbons (Fsp3) is 0.412. The first kappa shape index (κ1) is 16.1. The fourth-order valence-corrected chi connectivity index (χ4v) is 3.85. The molecule has 3 heterocycles. The first-order valence-electron chi connectivity index (χ1n) is 7.90. The van der Waals surface area contributed by atoms with E-state index < -0.39 is 0 Å². The van der Waals surface area contributed by atoms with E-state index in [2.05, 4.69) is 26.6 Å². The minimum atomic E-state index is -0.226. The Morgan fingerprint density at radius 3 is 2.87 bits per heavy atom. The Kier molecular flexibility index (Phi) is 5.38. The lowest BCUT2D eigenvalue weighted by atomic mass is 10.1. The number of likely N-dealkylation sites (tertiary alicyclic amines) is 1. The highest BCUT2D eigenvalue weighted by Crippen LogP contribution is 2.27. The molecular formula is C17H21N3O2S. The Labute approximate surface area is 140 Å². The third kappa shape index (κ3) is 3.77. The van der Waals surface area contributed by atoms with Gasteiger partial charge in [0.1, 0.15) is 5.69 Å². The van der Waals surface area contributed by atoms with Gasteiger partial charge in [0, 0.05) is 23.2 Å². The van der Waals surface area contributed by atoms with Crippen molar-refractivity contribution in [3.8, 4) is 0 Å². The monoisotopic (exact) mass is 331 g/mol. The van der Waals surface area contributed by atoms with Gasteiger partial charge in [-0.3, -0.25) is 14.7 Å². The van der Waals surface area contributed by atoms with Crippen molar-refractivity contribution in [1.82, 2.24) is 15.2 Å². The van der Waals surface area contributed by atoms with Crippen LogP contribution >= 0.6 is 11.3 Å². The summed E-state index contributed by atoms with van der Waals surface area (Å²) in [6.07, 6.45) is 4.00. The minimum Gasteiger partial charge on any atom is -0.392 e. The van der Waals surface area contributed by atoms with Gasteiger partial charge in [0.25, 0.3) is 5.91 Å². The van der Waals surface area contributed by atoms with Crippen molar-refractivity contribution >= 4 is 17.2 Å². The Balaban J connectivity index is 1.70. The van der Waals surface area contributed by atoms with Gasteiger partial charge in [0.05, 0.1) is 12.6 Å². The van der Waals surface area contributed by atoms with Crippen LogP contribution in [0.2, 0.25) is 0 Å². The second-order valence-corrected chi connectivity index (χ2v) is 6.63. The van der Waals surface area contributed by atoms with E-state index in [-0.39, 0.29) is 18.6 Å². The fourth-order valence-electron chi connectivity index (χ4n) is 2.99. The minimum absolute atomic E-state index is 0.183. The van der Waals surface area contributed by atoms with E-state index in [0.717, 1.165) is 13.1 Å². The molecule has 0 spiro atoms. The van der Waals surface area contributed by atoms with Crippen LogP contribution in [0.5, 0.6) is 0 Å². The zero-order valence-electron chi connectivity index (χ0n) is 12.9. The molecule has 2 aromatic heterocycles. The summed E-state index contributed by atoms with van der Waals surface area (Å²) in [6, 6.07) is 7.83. The zero-order valence-corrected chi connectivity index (χ0v) is 13.8. The molecule has 23 heavy (non-hydrogen) atoms. The highest BCUT2D eigenvalue weighted by atomic mass is 32.1. The average molecular weight is 331 g/mol. The summed E-state index contributed by atoms with van der Waals surface area (Å²) in [5, 5.41) is 14.4. The normalized spacial score (nSPS) is 16.4. The summed E-state index contributed by atoms with van der Waals surface area (Å²) in [5.41, 5.74) is 0.861. The molecule has 0 aromatic carbocycles. The van der Waals surface area contributed by atoms with Gasteiger partial charge in [-0.05, 0) is 43.4 Å². The van der Waals surface area contributed by atoms with Crippen LogP contribution in [0.25, 0.3) is 0 Å². The van der Waals surface area contributed by atoms with Crippen LogP contribution in [0.4, 0.5) is 0 Å². The Bertz CT molecular complexity index is 639. The van der Waals surface area contributed by atoms with Crippen molar-refractivity contribution in [2.24, 2.45) is 0 Å². The third-order valence-corrected chi connectivity index (χ3v) is 5.16. The molecule has 0 saturated carbocycles. The number of carbonyl (C=O) groups excluding carboxylic acids is 1. The Morgan fingerprint density at radius 1 is 1.35 bits per heavy atom. The molecule has 1 fully saturated rings. The van der Waals surface area contributed by atoms with Gasteiger partial charge >= 0.3 is 0 Å². The first-order chi connectivity index (χ1) is 11.3. The van der Waals surface area contributed by atoms with Crippen LogP contribution in [0.3, 0.4) is 0 Å². The Morgan fingerprint density at radius 2 is 2.17 bits per heavy atom. The third-order valence-electron chi connectivity index (χ3n) is 4.19. The number of aromatic nitrogens is 1. The van der Waals surface area contributed by atoms with Crippen LogP contribution in [0.1, 0.15) is 39.8 Å². The molecule has 122 valence electrons. The smallest absolute Gasteiger partial charge is 0.270 e. The largest absolute Gasteiger partial charge is 0.392 e. The quantitative estimate of drug-likeness (QED) is 0.852. The van der Waals surface area contributed by atoms with E-state index in [4.69, 9.17) is 0 Å². The molecule has 1 aliphatic rings. The van der Waals surface area contributed by atoms with E-state index in [9.17, 15) is 9.90 Å². The van der Waals surface area contributed by atoms with Gasteiger partial charge in [-0.1, -0.05) is 12.1 Å². The Hall–Kier alpha value is -1.76. The van der Waals surface area contributed by atoms with E-state index >= 15 is 0 Å². The predicted octanol–water partition coefficient (Wildman–Crippen LogP) is 2.20. The van der Waals surface area contributed by atoms with Gasteiger partial charge < -0.3 is 10.4 Å². The maximum absolute atomic E-state index is 12.4. The van der Waals surface area contributed by atoms with Crippen LogP contribution in [0.15, 0.2) is 35.8 Å². The summed E-state index contributed by atoms with van der Waals surface area (Å²) < 4.78 is 0. The van der Waals surface area contributed by atoms with Gasteiger partial charge in [-0.25, -0.2) is 0 Å². The number of thiophene rings is 1. The molecule has 3 rings (SSSR count). The molecule has 2 aromatic rings. The summed E-state index contributed by atoms with van der Waals surface area (Å²) in [6.45, 7) is 2.52. The predicted molar refractivity (Wildman–Crippen MR) is 90.4 cm³/mol. The summed E-state index contributed by atoms with van der Waals surface area (Å²) in [5.74, 6) is -0.226. The number of rotatable bonds is 6. The van der Waals surface area contributed by atoms with Gasteiger partial charge in [0.15, 0.2) is 0 Å². The molecule has 2 N–H and O–H groups in total. The number of aliphatic hydroxyl groups is 1. The molecule has 0 radical (unpaired) electrons. The lowest BCUT2D eigenvalue weighted by Crippen LogP contribution is -2.37. The highest BCUT2D eigenvalue weighted by molar-refractivity contribution is 7.10. The average Bonchev–Trinajstić information content (AvgIpc) is 3.29. The maximum Gasteiger partial charge on any atom is 0.270 e. The first-order valence-corrected chi connectivity index (χ1v) is 8.78. The van der Waals surface area contributed by atoms with E-state index in [1.807, 2.05) is 6.07 Å². The van der Waals surface area contributed by atoms with Gasteiger partial charge in [-0.15, -0.1) is 11.3 Å². The number of carbonyl (C=O) groups is 1. The lowest BCUT2D eigenvalue weighted by Gasteiger charge is -2.27. The number of nitrogens with zero attached hydrogens (tertiary/aromatic N) is 2. The van der Waals surface area contributed by atoms with Crippen LogP contribution < -0.4 is 5.32 Å². The zero-order chi connectivity index (χ0) is 16.1. The number of pyridine rings is 1. The highest BCUT2D eigenvalue weighted by Gasteiger charge is 2.25. The van der Waals surface area contributed by atoms with Crippen molar-refractivity contribution in [2.75, 3.05) is 19.6 Å². The van der Waals surface area contributed by atoms with Crippen LogP contribution in [0, 0.1) is 0 Å². The van der Waals surface area contributed by atoms with Crippen LogP contribution in [-0.4, -0.2) is 40.5 Å². The second-order valence-electron chi connectivity index (χ2n) is 5.65. The SMILES string of the molecule is O=C(NCC(c1cccs1)N1CCCC1)c1ncccc1CO. The van der Waals surface area contributed by atoms with E-state index in [1.165, 1.54) is 17.7 Å². The van der Waals surface area contributed by atoms with Gasteiger partial charge in [0.2, 0.25) is 0 Å². The second kappa shape index (κ2) is 7.68. The maximum atomic E-state index is 12.4. The molecule has 1 aliphatic heterocycles. The molecule has 0 aliphatic carbocycles. The van der Waals surface area contributed by atoms with Crippen molar-refractivity contribution in [3.63, 3.8) is 0 Å². The number of nitrogens with one attached hydrogen (secondary N) is 1. The summed E-state index contributed by atoms with van der Waals surface area (Å²) in [4.78, 5) is 20.2. The van der Waals surface area contributed by atoms with Crippen molar-refractivity contribution < 1.29 is 9.90 Å². The number of amides is 1. The van der Waals surface area contributed by atoms with E-state index in [0.29, 0.717) is 17.8 Å². The topological polar surface area (TPSA) is 65.5 Å². The summed E-state index contributed by atoms with van der Waals surface area (Å²) >= 11 is 1.72. The van der Waals surface area contributed by atoms with E-state index in [1.54, 1.807) is 29.7 Å². The van der Waals surface area contributed by atoms with Crippen molar-refractivity contribution in [1.29, 1.82) is 0 Å².